The number of hydrogen-bond donors (Lipinski definition) is 1. The lowest BCUT2D eigenvalue weighted by Gasteiger charge is -2.17. The van der Waals surface area contributed by atoms with Crippen molar-refractivity contribution in [2.45, 2.75) is 46.5 Å². The van der Waals surface area contributed by atoms with Gasteiger partial charge in [0, 0.05) is 29.6 Å². The summed E-state index contributed by atoms with van der Waals surface area (Å²) in [5.74, 6) is -0.448. The second-order valence-electron chi connectivity index (χ2n) is 9.23. The van der Waals surface area contributed by atoms with Gasteiger partial charge < -0.3 is 4.90 Å². The van der Waals surface area contributed by atoms with Gasteiger partial charge in [0.1, 0.15) is 0 Å². The SMILES string of the molecule is CCCCc1ccc(N2CC(C(=O)Nc3nc4scc(-c5ccc(C)cc5C)n4n3)CC2=O)cc1. The molecule has 1 aliphatic rings. The molecule has 7 nitrogen and oxygen atoms in total. The molecule has 2 aromatic heterocycles. The molecule has 8 heteroatoms. The van der Waals surface area contributed by atoms with Crippen molar-refractivity contribution in [1.82, 2.24) is 14.6 Å². The van der Waals surface area contributed by atoms with E-state index in [2.05, 4.69) is 66.5 Å². The summed E-state index contributed by atoms with van der Waals surface area (Å²) in [5.41, 5.74) is 6.50. The van der Waals surface area contributed by atoms with Crippen molar-refractivity contribution in [1.29, 1.82) is 0 Å². The second kappa shape index (κ2) is 9.62. The zero-order valence-electron chi connectivity index (χ0n) is 20.2. The summed E-state index contributed by atoms with van der Waals surface area (Å²) < 4.78 is 1.77. The number of aryl methyl sites for hydroxylation is 3. The Balaban J connectivity index is 1.28. The van der Waals surface area contributed by atoms with Gasteiger partial charge in [0.15, 0.2) is 0 Å². The third-order valence-corrected chi connectivity index (χ3v) is 7.35. The Morgan fingerprint density at radius 3 is 2.71 bits per heavy atom. The molecule has 2 amide bonds. The molecule has 3 heterocycles. The van der Waals surface area contributed by atoms with Gasteiger partial charge in [-0.05, 0) is 49.9 Å². The highest BCUT2D eigenvalue weighted by atomic mass is 32.1. The number of benzene rings is 2. The van der Waals surface area contributed by atoms with Crippen LogP contribution in [0.5, 0.6) is 0 Å². The molecule has 1 saturated heterocycles. The Morgan fingerprint density at radius 2 is 1.97 bits per heavy atom. The van der Waals surface area contributed by atoms with E-state index in [0.29, 0.717) is 11.5 Å². The van der Waals surface area contributed by atoms with Crippen molar-refractivity contribution in [3.8, 4) is 11.3 Å². The van der Waals surface area contributed by atoms with Gasteiger partial charge in [0.25, 0.3) is 0 Å². The predicted molar refractivity (Wildman–Crippen MR) is 140 cm³/mol. The molecule has 1 unspecified atom stereocenters. The molecule has 5 rings (SSSR count). The van der Waals surface area contributed by atoms with Crippen LogP contribution in [0.4, 0.5) is 11.6 Å². The van der Waals surface area contributed by atoms with Gasteiger partial charge in [-0.2, -0.15) is 4.98 Å². The van der Waals surface area contributed by atoms with Gasteiger partial charge in [-0.25, -0.2) is 4.52 Å². The summed E-state index contributed by atoms with van der Waals surface area (Å²) in [6.07, 6.45) is 3.52. The summed E-state index contributed by atoms with van der Waals surface area (Å²) in [5, 5.41) is 9.40. The van der Waals surface area contributed by atoms with Crippen molar-refractivity contribution in [2.75, 3.05) is 16.8 Å². The van der Waals surface area contributed by atoms with Crippen LogP contribution < -0.4 is 10.2 Å². The fourth-order valence-electron chi connectivity index (χ4n) is 4.59. The molecule has 1 N–H and O–H groups in total. The Morgan fingerprint density at radius 1 is 1.17 bits per heavy atom. The number of thiazole rings is 1. The maximum Gasteiger partial charge on any atom is 0.250 e. The fraction of sp³-hybridized carbons (Fsp3) is 0.333. The van der Waals surface area contributed by atoms with E-state index in [1.807, 2.05) is 17.5 Å². The standard InChI is InChI=1S/C27H29N5O2S/c1-4-5-6-19-8-10-21(11-9-19)31-15-20(14-24(31)33)25(34)28-26-29-27-32(30-26)23(16-35-27)22-12-7-17(2)13-18(22)3/h7-13,16,20H,4-6,14-15H2,1-3H3,(H,28,30,34). The average molecular weight is 488 g/mol. The van der Waals surface area contributed by atoms with Gasteiger partial charge in [-0.15, -0.1) is 16.4 Å². The van der Waals surface area contributed by atoms with Gasteiger partial charge in [-0.3, -0.25) is 14.9 Å². The number of nitrogens with zero attached hydrogens (tertiary/aromatic N) is 4. The Hall–Kier alpha value is -3.52. The van der Waals surface area contributed by atoms with Crippen LogP contribution in [-0.4, -0.2) is 33.0 Å². The van der Waals surface area contributed by atoms with Crippen molar-refractivity contribution in [2.24, 2.45) is 5.92 Å². The maximum absolute atomic E-state index is 13.0. The number of carbonyl (C=O) groups is 2. The molecule has 4 aromatic rings. The number of fused-ring (bicyclic) bond motifs is 1. The maximum atomic E-state index is 13.0. The zero-order valence-corrected chi connectivity index (χ0v) is 21.1. The fourth-order valence-corrected chi connectivity index (χ4v) is 5.41. The second-order valence-corrected chi connectivity index (χ2v) is 10.1. The summed E-state index contributed by atoms with van der Waals surface area (Å²) in [6, 6.07) is 14.4. The van der Waals surface area contributed by atoms with Crippen LogP contribution >= 0.6 is 11.3 Å². The minimum absolute atomic E-state index is 0.0395. The van der Waals surface area contributed by atoms with E-state index in [9.17, 15) is 9.59 Å². The number of carbonyl (C=O) groups excluding carboxylic acids is 2. The number of anilines is 2. The molecule has 180 valence electrons. The number of hydrogen-bond acceptors (Lipinski definition) is 5. The highest BCUT2D eigenvalue weighted by molar-refractivity contribution is 7.15. The van der Waals surface area contributed by atoms with Crippen molar-refractivity contribution < 1.29 is 9.59 Å². The van der Waals surface area contributed by atoms with Crippen LogP contribution in [0.25, 0.3) is 16.2 Å². The van der Waals surface area contributed by atoms with E-state index >= 15 is 0 Å². The normalized spacial score (nSPS) is 15.8. The van der Waals surface area contributed by atoms with E-state index in [1.165, 1.54) is 22.5 Å². The molecule has 0 saturated carbocycles. The smallest absolute Gasteiger partial charge is 0.250 e. The Bertz CT molecular complexity index is 1390. The molecule has 1 atom stereocenters. The number of amides is 2. The molecular formula is C27H29N5O2S. The molecular weight excluding hydrogens is 458 g/mol. The van der Waals surface area contributed by atoms with Crippen LogP contribution in [0, 0.1) is 19.8 Å². The molecule has 0 aliphatic carbocycles. The first-order valence-corrected chi connectivity index (χ1v) is 12.9. The third-order valence-electron chi connectivity index (χ3n) is 6.54. The van der Waals surface area contributed by atoms with Gasteiger partial charge in [0.2, 0.25) is 22.7 Å². The highest BCUT2D eigenvalue weighted by Crippen LogP contribution is 2.30. The minimum Gasteiger partial charge on any atom is -0.312 e. The first-order valence-electron chi connectivity index (χ1n) is 12.0. The average Bonchev–Trinajstić information content (AvgIpc) is 3.53. The van der Waals surface area contributed by atoms with Crippen molar-refractivity contribution in [3.05, 3.63) is 64.5 Å². The largest absolute Gasteiger partial charge is 0.312 e. The number of rotatable bonds is 7. The minimum atomic E-state index is -0.442. The van der Waals surface area contributed by atoms with Gasteiger partial charge in [0.05, 0.1) is 11.6 Å². The predicted octanol–water partition coefficient (Wildman–Crippen LogP) is 5.41. The van der Waals surface area contributed by atoms with E-state index in [0.717, 1.165) is 41.8 Å². The molecule has 0 bridgehead atoms. The molecule has 2 aromatic carbocycles. The number of unbranched alkanes of at least 4 members (excludes halogenated alkanes) is 1. The van der Waals surface area contributed by atoms with Crippen LogP contribution in [-0.2, 0) is 16.0 Å². The van der Waals surface area contributed by atoms with Crippen LogP contribution in [0.3, 0.4) is 0 Å². The Kier molecular flexibility index (Phi) is 6.38. The van der Waals surface area contributed by atoms with Crippen LogP contribution in [0.1, 0.15) is 42.9 Å². The van der Waals surface area contributed by atoms with Crippen molar-refractivity contribution in [3.63, 3.8) is 0 Å². The first kappa shape index (κ1) is 23.2. The van der Waals surface area contributed by atoms with Crippen molar-refractivity contribution >= 4 is 39.7 Å². The summed E-state index contributed by atoms with van der Waals surface area (Å²) >= 11 is 1.48. The Labute approximate surface area is 208 Å². The van der Waals surface area contributed by atoms with Gasteiger partial charge in [-0.1, -0.05) is 49.2 Å². The topological polar surface area (TPSA) is 79.6 Å². The summed E-state index contributed by atoms with van der Waals surface area (Å²) in [4.78, 5) is 32.5. The van der Waals surface area contributed by atoms with E-state index in [1.54, 1.807) is 9.42 Å². The summed E-state index contributed by atoms with van der Waals surface area (Å²) in [7, 11) is 0. The van der Waals surface area contributed by atoms with Crippen LogP contribution in [0.2, 0.25) is 0 Å². The lowest BCUT2D eigenvalue weighted by Crippen LogP contribution is -2.28. The molecule has 0 radical (unpaired) electrons. The zero-order chi connectivity index (χ0) is 24.5. The van der Waals surface area contributed by atoms with Crippen LogP contribution in [0.15, 0.2) is 47.8 Å². The number of aromatic nitrogens is 3. The van der Waals surface area contributed by atoms with E-state index < -0.39 is 5.92 Å². The highest BCUT2D eigenvalue weighted by Gasteiger charge is 2.35. The van der Waals surface area contributed by atoms with Gasteiger partial charge >= 0.3 is 0 Å². The molecule has 1 aliphatic heterocycles. The lowest BCUT2D eigenvalue weighted by atomic mass is 10.0. The summed E-state index contributed by atoms with van der Waals surface area (Å²) in [6.45, 7) is 6.68. The lowest BCUT2D eigenvalue weighted by molar-refractivity contribution is -0.122. The third kappa shape index (κ3) is 4.71. The number of nitrogens with one attached hydrogen (secondary N) is 1. The van der Waals surface area contributed by atoms with E-state index in [-0.39, 0.29) is 24.2 Å². The molecule has 1 fully saturated rings. The first-order chi connectivity index (χ1) is 16.9. The van der Waals surface area contributed by atoms with E-state index in [4.69, 9.17) is 0 Å². The monoisotopic (exact) mass is 487 g/mol. The molecule has 35 heavy (non-hydrogen) atoms. The molecule has 0 spiro atoms. The quantitative estimate of drug-likeness (QED) is 0.378.